The van der Waals surface area contributed by atoms with Crippen molar-refractivity contribution >= 4 is 29.2 Å². The van der Waals surface area contributed by atoms with Crippen molar-refractivity contribution in [3.63, 3.8) is 0 Å². The number of primary amides is 1. The number of nitrogens with one attached hydrogen (secondary N) is 1. The van der Waals surface area contributed by atoms with Crippen LogP contribution in [-0.4, -0.2) is 25.5 Å². The summed E-state index contributed by atoms with van der Waals surface area (Å²) in [6.07, 6.45) is 0. The Kier molecular flexibility index (Phi) is 5.21. The molecular weight excluding hydrogens is 280 g/mol. The van der Waals surface area contributed by atoms with Crippen LogP contribution in [0.3, 0.4) is 0 Å². The zero-order valence-electron chi connectivity index (χ0n) is 11.7. The van der Waals surface area contributed by atoms with Crippen LogP contribution in [0.2, 0.25) is 5.02 Å². The number of halogens is 1. The average molecular weight is 299 g/mol. The number of nitrogens with zero attached hydrogens (tertiary/aromatic N) is 1. The Bertz CT molecular complexity index is 529. The van der Waals surface area contributed by atoms with Gasteiger partial charge in [-0.15, -0.1) is 0 Å². The van der Waals surface area contributed by atoms with Crippen LogP contribution in [0.25, 0.3) is 0 Å². The van der Waals surface area contributed by atoms with Crippen molar-refractivity contribution in [2.75, 3.05) is 19.0 Å². The maximum Gasteiger partial charge on any atom is 0.224 e. The molecule has 5 N–H and O–H groups in total. The topological polar surface area (TPSA) is 103 Å². The molecule has 7 heteroatoms. The number of ether oxygens (including phenoxy) is 1. The third-order valence-corrected chi connectivity index (χ3v) is 3.03. The van der Waals surface area contributed by atoms with Gasteiger partial charge in [0.15, 0.2) is 5.96 Å². The van der Waals surface area contributed by atoms with Crippen molar-refractivity contribution in [3.05, 3.63) is 23.2 Å². The second kappa shape index (κ2) is 6.47. The lowest BCUT2D eigenvalue weighted by atomic mass is 9.93. The molecule has 20 heavy (non-hydrogen) atoms. The van der Waals surface area contributed by atoms with Gasteiger partial charge in [0.1, 0.15) is 5.75 Å². The second-order valence-electron chi connectivity index (χ2n) is 4.92. The van der Waals surface area contributed by atoms with Crippen LogP contribution in [0.5, 0.6) is 5.75 Å². The van der Waals surface area contributed by atoms with Gasteiger partial charge in [-0.25, -0.2) is 0 Å². The van der Waals surface area contributed by atoms with Crippen LogP contribution in [0.1, 0.15) is 13.8 Å². The number of nitrogens with two attached hydrogens (primary N) is 2. The smallest absolute Gasteiger partial charge is 0.224 e. The number of aliphatic imine (C=N–C) groups is 1. The third kappa shape index (κ3) is 4.31. The molecule has 110 valence electrons. The zero-order valence-corrected chi connectivity index (χ0v) is 12.5. The highest BCUT2D eigenvalue weighted by atomic mass is 35.5. The van der Waals surface area contributed by atoms with E-state index in [1.165, 1.54) is 7.11 Å². The number of carbonyl (C=O) groups excluding carboxylic acids is 1. The molecule has 1 aromatic rings. The lowest BCUT2D eigenvalue weighted by Gasteiger charge is -2.17. The van der Waals surface area contributed by atoms with Gasteiger partial charge >= 0.3 is 0 Å². The van der Waals surface area contributed by atoms with E-state index in [-0.39, 0.29) is 12.5 Å². The lowest BCUT2D eigenvalue weighted by molar-refractivity contribution is -0.125. The highest BCUT2D eigenvalue weighted by molar-refractivity contribution is 6.32. The third-order valence-electron chi connectivity index (χ3n) is 2.74. The molecule has 0 saturated carbocycles. The summed E-state index contributed by atoms with van der Waals surface area (Å²) in [6.45, 7) is 3.61. The van der Waals surface area contributed by atoms with Crippen molar-refractivity contribution in [2.45, 2.75) is 13.8 Å². The standard InChI is InChI=1S/C13H19ClN4O2/c1-13(2,11(15)19)7-17-12(16)18-8-4-5-10(20-3)9(14)6-8/h4-6H,7H2,1-3H3,(H2,15,19)(H3,16,17,18). The number of amides is 1. The first-order valence-electron chi connectivity index (χ1n) is 5.96. The Morgan fingerprint density at radius 3 is 2.60 bits per heavy atom. The Morgan fingerprint density at radius 2 is 2.10 bits per heavy atom. The summed E-state index contributed by atoms with van der Waals surface area (Å²) in [5.41, 5.74) is 10.9. The minimum atomic E-state index is -0.746. The predicted molar refractivity (Wildman–Crippen MR) is 81.1 cm³/mol. The van der Waals surface area contributed by atoms with E-state index in [0.29, 0.717) is 16.5 Å². The quantitative estimate of drug-likeness (QED) is 0.567. The number of hydrogen-bond acceptors (Lipinski definition) is 3. The number of hydrogen-bond donors (Lipinski definition) is 3. The number of benzene rings is 1. The molecule has 1 amide bonds. The maximum atomic E-state index is 11.2. The zero-order chi connectivity index (χ0) is 15.3. The molecule has 0 spiro atoms. The first kappa shape index (κ1) is 16.1. The van der Waals surface area contributed by atoms with Gasteiger partial charge in [-0.2, -0.15) is 0 Å². The highest BCUT2D eigenvalue weighted by Gasteiger charge is 2.24. The molecule has 0 fully saturated rings. The largest absolute Gasteiger partial charge is 0.495 e. The van der Waals surface area contributed by atoms with Crippen LogP contribution in [0.4, 0.5) is 5.69 Å². The van der Waals surface area contributed by atoms with E-state index in [0.717, 1.165) is 0 Å². The van der Waals surface area contributed by atoms with Crippen LogP contribution in [0, 0.1) is 5.41 Å². The first-order chi connectivity index (χ1) is 9.26. The van der Waals surface area contributed by atoms with Crippen LogP contribution >= 0.6 is 11.6 Å². The van der Waals surface area contributed by atoms with Crippen molar-refractivity contribution < 1.29 is 9.53 Å². The van der Waals surface area contributed by atoms with Gasteiger partial charge in [-0.3, -0.25) is 9.79 Å². The van der Waals surface area contributed by atoms with Crippen LogP contribution in [0.15, 0.2) is 23.2 Å². The molecule has 0 aliphatic heterocycles. The molecule has 0 bridgehead atoms. The SMILES string of the molecule is COc1ccc(NC(N)=NCC(C)(C)C(N)=O)cc1Cl. The Morgan fingerprint density at radius 1 is 1.45 bits per heavy atom. The molecule has 0 atom stereocenters. The fraction of sp³-hybridized carbons (Fsp3) is 0.385. The normalized spacial score (nSPS) is 12.1. The number of anilines is 1. The number of guanidine groups is 1. The molecule has 0 saturated heterocycles. The molecule has 6 nitrogen and oxygen atoms in total. The highest BCUT2D eigenvalue weighted by Crippen LogP contribution is 2.27. The van der Waals surface area contributed by atoms with Gasteiger partial charge in [-0.1, -0.05) is 11.6 Å². The summed E-state index contributed by atoms with van der Waals surface area (Å²) >= 11 is 6.00. The minimum Gasteiger partial charge on any atom is -0.495 e. The fourth-order valence-electron chi connectivity index (χ4n) is 1.29. The number of rotatable bonds is 5. The van der Waals surface area contributed by atoms with Gasteiger partial charge in [0.05, 0.1) is 24.1 Å². The summed E-state index contributed by atoms with van der Waals surface area (Å²) in [4.78, 5) is 15.3. The first-order valence-corrected chi connectivity index (χ1v) is 6.34. The van der Waals surface area contributed by atoms with E-state index in [9.17, 15) is 4.79 Å². The van der Waals surface area contributed by atoms with E-state index < -0.39 is 11.3 Å². The monoisotopic (exact) mass is 298 g/mol. The predicted octanol–water partition coefficient (Wildman–Crippen LogP) is 1.59. The minimum absolute atomic E-state index is 0.181. The molecule has 0 aromatic heterocycles. The van der Waals surface area contributed by atoms with E-state index in [2.05, 4.69) is 10.3 Å². The van der Waals surface area contributed by atoms with E-state index in [4.69, 9.17) is 27.8 Å². The molecule has 0 radical (unpaired) electrons. The maximum absolute atomic E-state index is 11.2. The number of carbonyl (C=O) groups is 1. The van der Waals surface area contributed by atoms with E-state index >= 15 is 0 Å². The summed E-state index contributed by atoms with van der Waals surface area (Å²) < 4.78 is 5.05. The fourth-order valence-corrected chi connectivity index (χ4v) is 1.55. The molecule has 0 aliphatic rings. The summed E-state index contributed by atoms with van der Waals surface area (Å²) in [6, 6.07) is 5.14. The van der Waals surface area contributed by atoms with E-state index in [1.807, 2.05) is 0 Å². The average Bonchev–Trinajstić information content (AvgIpc) is 2.36. The Balaban J connectivity index is 2.73. The molecule has 1 rings (SSSR count). The molecule has 0 aliphatic carbocycles. The van der Waals surface area contributed by atoms with Gasteiger partial charge < -0.3 is 21.5 Å². The molecular formula is C13H19ClN4O2. The van der Waals surface area contributed by atoms with Crippen molar-refractivity contribution in [1.82, 2.24) is 0 Å². The van der Waals surface area contributed by atoms with Crippen molar-refractivity contribution in [1.29, 1.82) is 0 Å². The van der Waals surface area contributed by atoms with Gasteiger partial charge in [0.2, 0.25) is 5.91 Å². The molecule has 1 aromatic carbocycles. The van der Waals surface area contributed by atoms with E-state index in [1.54, 1.807) is 32.0 Å². The van der Waals surface area contributed by atoms with Gasteiger partial charge in [-0.05, 0) is 32.0 Å². The Labute approximate surface area is 123 Å². The Hall–Kier alpha value is -1.95. The van der Waals surface area contributed by atoms with Crippen molar-refractivity contribution in [3.8, 4) is 5.75 Å². The lowest BCUT2D eigenvalue weighted by Crippen LogP contribution is -2.35. The second-order valence-corrected chi connectivity index (χ2v) is 5.33. The summed E-state index contributed by atoms with van der Waals surface area (Å²) in [5, 5.41) is 3.34. The van der Waals surface area contributed by atoms with Gasteiger partial charge in [0, 0.05) is 5.69 Å². The number of methoxy groups -OCH3 is 1. The molecule has 0 heterocycles. The summed E-state index contributed by atoms with van der Waals surface area (Å²) in [7, 11) is 1.54. The van der Waals surface area contributed by atoms with Crippen LogP contribution < -0.4 is 21.5 Å². The summed E-state index contributed by atoms with van der Waals surface area (Å²) in [5.74, 6) is 0.324. The van der Waals surface area contributed by atoms with Gasteiger partial charge in [0.25, 0.3) is 0 Å². The van der Waals surface area contributed by atoms with Crippen molar-refractivity contribution in [2.24, 2.45) is 21.9 Å². The molecule has 0 unspecified atom stereocenters. The van der Waals surface area contributed by atoms with Crippen LogP contribution in [-0.2, 0) is 4.79 Å².